The lowest BCUT2D eigenvalue weighted by atomic mass is 9.88. The number of benzene rings is 1. The van der Waals surface area contributed by atoms with E-state index in [1.165, 1.54) is 63.8 Å². The molecule has 1 aromatic carbocycles. The van der Waals surface area contributed by atoms with Crippen molar-refractivity contribution < 1.29 is 0 Å². The zero-order chi connectivity index (χ0) is 14.5. The van der Waals surface area contributed by atoms with Crippen LogP contribution in [-0.2, 0) is 0 Å². The van der Waals surface area contributed by atoms with Crippen molar-refractivity contribution >= 4 is 0 Å². The van der Waals surface area contributed by atoms with Gasteiger partial charge < -0.3 is 10.2 Å². The number of hydrogen-bond acceptors (Lipinski definition) is 2. The highest BCUT2D eigenvalue weighted by atomic mass is 15.2. The Hall–Kier alpha value is -0.860. The molecule has 1 aliphatic carbocycles. The summed E-state index contributed by atoms with van der Waals surface area (Å²) < 4.78 is 0. The number of rotatable bonds is 5. The first-order valence-corrected chi connectivity index (χ1v) is 8.86. The fraction of sp³-hybridized carbons (Fsp3) is 0.684. The number of hydrogen-bond donors (Lipinski definition) is 1. The maximum absolute atomic E-state index is 3.89. The Morgan fingerprint density at radius 2 is 1.86 bits per heavy atom. The van der Waals surface area contributed by atoms with Crippen molar-refractivity contribution in [3.8, 4) is 0 Å². The predicted octanol–water partition coefficient (Wildman–Crippen LogP) is 3.64. The van der Waals surface area contributed by atoms with Gasteiger partial charge >= 0.3 is 0 Å². The molecule has 21 heavy (non-hydrogen) atoms. The van der Waals surface area contributed by atoms with E-state index in [9.17, 15) is 0 Å². The van der Waals surface area contributed by atoms with Crippen molar-refractivity contribution in [2.24, 2.45) is 5.92 Å². The van der Waals surface area contributed by atoms with Crippen LogP contribution in [0.1, 0.15) is 50.5 Å². The standard InChI is InChI=1S/C19H30N2/c1-2-21-14-18(17-10-4-3-5-11-17)12-19(15-21)20-13-16-8-6-7-9-16/h3-5,10-11,16,18-20H,2,6-9,12-15H2,1H3. The lowest BCUT2D eigenvalue weighted by molar-refractivity contribution is 0.175. The molecule has 0 aromatic heterocycles. The second-order valence-electron chi connectivity index (χ2n) is 6.95. The summed E-state index contributed by atoms with van der Waals surface area (Å²) in [5.74, 6) is 1.64. The molecule has 1 aromatic rings. The Bertz CT molecular complexity index is 411. The normalized spacial score (nSPS) is 28.0. The van der Waals surface area contributed by atoms with Crippen LogP contribution >= 0.6 is 0 Å². The van der Waals surface area contributed by atoms with Gasteiger partial charge in [0.15, 0.2) is 0 Å². The summed E-state index contributed by atoms with van der Waals surface area (Å²) in [6, 6.07) is 11.8. The van der Waals surface area contributed by atoms with Crippen molar-refractivity contribution in [2.75, 3.05) is 26.2 Å². The van der Waals surface area contributed by atoms with Crippen molar-refractivity contribution in [3.05, 3.63) is 35.9 Å². The summed E-state index contributed by atoms with van der Waals surface area (Å²) in [4.78, 5) is 2.62. The van der Waals surface area contributed by atoms with Gasteiger partial charge in [-0.2, -0.15) is 0 Å². The summed E-state index contributed by atoms with van der Waals surface area (Å²) in [5.41, 5.74) is 1.52. The summed E-state index contributed by atoms with van der Waals surface area (Å²) in [6.45, 7) is 7.16. The Morgan fingerprint density at radius 3 is 2.57 bits per heavy atom. The first-order chi connectivity index (χ1) is 10.3. The molecule has 2 nitrogen and oxygen atoms in total. The minimum atomic E-state index is 0.671. The fourth-order valence-electron chi connectivity index (χ4n) is 4.11. The number of nitrogens with zero attached hydrogens (tertiary/aromatic N) is 1. The van der Waals surface area contributed by atoms with E-state index in [1.807, 2.05) is 0 Å². The molecule has 2 atom stereocenters. The van der Waals surface area contributed by atoms with Crippen LogP contribution in [0.3, 0.4) is 0 Å². The van der Waals surface area contributed by atoms with Crippen molar-refractivity contribution in [3.63, 3.8) is 0 Å². The highest BCUT2D eigenvalue weighted by Crippen LogP contribution is 2.28. The molecule has 1 N–H and O–H groups in total. The van der Waals surface area contributed by atoms with E-state index in [0.717, 1.165) is 5.92 Å². The van der Waals surface area contributed by atoms with Gasteiger partial charge in [0.2, 0.25) is 0 Å². The molecular formula is C19H30N2. The summed E-state index contributed by atoms with van der Waals surface area (Å²) in [7, 11) is 0. The van der Waals surface area contributed by atoms with Crippen LogP contribution < -0.4 is 5.32 Å². The molecule has 1 heterocycles. The molecule has 1 saturated heterocycles. The van der Waals surface area contributed by atoms with Crippen molar-refractivity contribution in [1.29, 1.82) is 0 Å². The van der Waals surface area contributed by atoms with Gasteiger partial charge in [0, 0.05) is 19.1 Å². The first-order valence-electron chi connectivity index (χ1n) is 8.86. The molecule has 2 fully saturated rings. The van der Waals surface area contributed by atoms with Gasteiger partial charge in [0.05, 0.1) is 0 Å². The molecule has 0 radical (unpaired) electrons. The Labute approximate surface area is 129 Å². The first kappa shape index (κ1) is 15.1. The summed E-state index contributed by atoms with van der Waals surface area (Å²) >= 11 is 0. The van der Waals surface area contributed by atoms with Gasteiger partial charge in [0.1, 0.15) is 0 Å². The predicted molar refractivity (Wildman–Crippen MR) is 89.7 cm³/mol. The summed E-state index contributed by atoms with van der Waals surface area (Å²) in [6.07, 6.45) is 7.08. The SMILES string of the molecule is CCN1CC(NCC2CCCC2)CC(c2ccccc2)C1. The number of likely N-dealkylation sites (N-methyl/N-ethyl adjacent to an activating group) is 1. The minimum Gasteiger partial charge on any atom is -0.312 e. The van der Waals surface area contributed by atoms with Gasteiger partial charge in [-0.1, -0.05) is 50.1 Å². The van der Waals surface area contributed by atoms with Crippen LogP contribution in [0.4, 0.5) is 0 Å². The molecule has 0 bridgehead atoms. The minimum absolute atomic E-state index is 0.671. The molecule has 2 unspecified atom stereocenters. The maximum Gasteiger partial charge on any atom is 0.0201 e. The second kappa shape index (κ2) is 7.42. The maximum atomic E-state index is 3.89. The van der Waals surface area contributed by atoms with Crippen LogP contribution in [0, 0.1) is 5.92 Å². The van der Waals surface area contributed by atoms with Gasteiger partial charge in [-0.05, 0) is 49.8 Å². The molecular weight excluding hydrogens is 256 g/mol. The zero-order valence-electron chi connectivity index (χ0n) is 13.4. The van der Waals surface area contributed by atoms with E-state index in [4.69, 9.17) is 0 Å². The van der Waals surface area contributed by atoms with E-state index < -0.39 is 0 Å². The molecule has 116 valence electrons. The van der Waals surface area contributed by atoms with Crippen LogP contribution in [0.2, 0.25) is 0 Å². The van der Waals surface area contributed by atoms with E-state index >= 15 is 0 Å². The zero-order valence-corrected chi connectivity index (χ0v) is 13.4. The highest BCUT2D eigenvalue weighted by molar-refractivity contribution is 5.21. The third-order valence-corrected chi connectivity index (χ3v) is 5.41. The number of piperidine rings is 1. The Balaban J connectivity index is 1.58. The van der Waals surface area contributed by atoms with Crippen LogP contribution in [0.15, 0.2) is 30.3 Å². The van der Waals surface area contributed by atoms with Gasteiger partial charge in [0.25, 0.3) is 0 Å². The average Bonchev–Trinajstić information content (AvgIpc) is 3.07. The van der Waals surface area contributed by atoms with Crippen LogP contribution in [0.25, 0.3) is 0 Å². The monoisotopic (exact) mass is 286 g/mol. The molecule has 3 rings (SSSR count). The third-order valence-electron chi connectivity index (χ3n) is 5.41. The summed E-state index contributed by atoms with van der Waals surface area (Å²) in [5, 5.41) is 3.89. The second-order valence-corrected chi connectivity index (χ2v) is 6.95. The average molecular weight is 286 g/mol. The third kappa shape index (κ3) is 4.08. The molecule has 2 aliphatic rings. The number of likely N-dealkylation sites (tertiary alicyclic amines) is 1. The molecule has 0 spiro atoms. The van der Waals surface area contributed by atoms with Crippen LogP contribution in [-0.4, -0.2) is 37.1 Å². The van der Waals surface area contributed by atoms with Gasteiger partial charge in [-0.15, -0.1) is 0 Å². The molecule has 1 saturated carbocycles. The largest absolute Gasteiger partial charge is 0.312 e. The molecule has 1 aliphatic heterocycles. The highest BCUT2D eigenvalue weighted by Gasteiger charge is 2.27. The van der Waals surface area contributed by atoms with E-state index in [2.05, 4.69) is 47.5 Å². The smallest absolute Gasteiger partial charge is 0.0201 e. The molecule has 0 amide bonds. The topological polar surface area (TPSA) is 15.3 Å². The van der Waals surface area contributed by atoms with Crippen molar-refractivity contribution in [2.45, 2.75) is 51.0 Å². The Morgan fingerprint density at radius 1 is 1.10 bits per heavy atom. The lowest BCUT2D eigenvalue weighted by Gasteiger charge is -2.38. The Kier molecular flexibility index (Phi) is 5.32. The quantitative estimate of drug-likeness (QED) is 0.889. The van der Waals surface area contributed by atoms with Crippen molar-refractivity contribution in [1.82, 2.24) is 10.2 Å². The van der Waals surface area contributed by atoms with Gasteiger partial charge in [-0.3, -0.25) is 0 Å². The van der Waals surface area contributed by atoms with E-state index in [-0.39, 0.29) is 0 Å². The van der Waals surface area contributed by atoms with Crippen LogP contribution in [0.5, 0.6) is 0 Å². The number of nitrogens with one attached hydrogen (secondary N) is 1. The van der Waals surface area contributed by atoms with Gasteiger partial charge in [-0.25, -0.2) is 0 Å². The lowest BCUT2D eigenvalue weighted by Crippen LogP contribution is -2.49. The fourth-order valence-corrected chi connectivity index (χ4v) is 4.11. The van der Waals surface area contributed by atoms with E-state index in [0.29, 0.717) is 12.0 Å². The van der Waals surface area contributed by atoms with E-state index in [1.54, 1.807) is 0 Å². The molecule has 2 heteroatoms.